The van der Waals surface area contributed by atoms with Gasteiger partial charge in [0.1, 0.15) is 5.75 Å². The van der Waals surface area contributed by atoms with E-state index in [0.717, 1.165) is 57.9 Å². The number of hydrogen-bond donors (Lipinski definition) is 3. The van der Waals surface area contributed by atoms with Crippen molar-refractivity contribution < 1.29 is 14.3 Å². The second-order valence-electron chi connectivity index (χ2n) is 6.56. The van der Waals surface area contributed by atoms with Crippen molar-refractivity contribution in [3.05, 3.63) is 29.8 Å². The minimum atomic E-state index is -0.0495. The van der Waals surface area contributed by atoms with Crippen LogP contribution in [0.15, 0.2) is 29.3 Å². The number of benzene rings is 1. The summed E-state index contributed by atoms with van der Waals surface area (Å²) in [5.41, 5.74) is 1.20. The molecule has 27 heavy (non-hydrogen) atoms. The molecule has 0 atom stereocenters. The number of methoxy groups -OCH3 is 1. The molecule has 0 spiro atoms. The normalized spacial score (nSPS) is 13.9. The quantitative estimate of drug-likeness (QED) is 0.292. The summed E-state index contributed by atoms with van der Waals surface area (Å²) in [7, 11) is 1.70. The van der Waals surface area contributed by atoms with E-state index in [-0.39, 0.29) is 12.5 Å². The third kappa shape index (κ3) is 9.28. The van der Waals surface area contributed by atoms with E-state index in [1.807, 2.05) is 24.3 Å². The van der Waals surface area contributed by atoms with E-state index in [2.05, 4.69) is 27.9 Å². The predicted molar refractivity (Wildman–Crippen MR) is 107 cm³/mol. The third-order valence-electron chi connectivity index (χ3n) is 4.06. The Labute approximate surface area is 161 Å². The average molecular weight is 377 g/mol. The molecular formula is C20H32N4O3. The van der Waals surface area contributed by atoms with Gasteiger partial charge in [-0.25, -0.2) is 0 Å². The van der Waals surface area contributed by atoms with Crippen molar-refractivity contribution >= 4 is 11.9 Å². The number of amides is 1. The molecule has 7 nitrogen and oxygen atoms in total. The fourth-order valence-corrected chi connectivity index (χ4v) is 2.46. The zero-order chi connectivity index (χ0) is 19.3. The monoisotopic (exact) mass is 376 g/mol. The molecule has 0 saturated heterocycles. The summed E-state index contributed by atoms with van der Waals surface area (Å²) >= 11 is 0. The highest BCUT2D eigenvalue weighted by molar-refractivity contribution is 5.79. The number of carbonyl (C=O) groups excluding carboxylic acids is 1. The van der Waals surface area contributed by atoms with E-state index in [9.17, 15) is 4.79 Å². The number of nitrogens with zero attached hydrogens (tertiary/aromatic N) is 1. The Hall–Kier alpha value is -2.28. The highest BCUT2D eigenvalue weighted by atomic mass is 16.5. The highest BCUT2D eigenvalue weighted by Gasteiger charge is 2.23. The second kappa shape index (κ2) is 12.2. The zero-order valence-corrected chi connectivity index (χ0v) is 16.4. The van der Waals surface area contributed by atoms with Crippen LogP contribution in [0.2, 0.25) is 0 Å². The van der Waals surface area contributed by atoms with Crippen molar-refractivity contribution in [1.29, 1.82) is 0 Å². The lowest BCUT2D eigenvalue weighted by atomic mass is 10.1. The molecule has 1 aromatic carbocycles. The summed E-state index contributed by atoms with van der Waals surface area (Å²) in [6.45, 7) is 5.21. The zero-order valence-electron chi connectivity index (χ0n) is 16.4. The van der Waals surface area contributed by atoms with E-state index in [0.29, 0.717) is 11.8 Å². The van der Waals surface area contributed by atoms with Gasteiger partial charge in [0.05, 0.1) is 0 Å². The molecule has 0 bridgehead atoms. The molecule has 1 aromatic rings. The molecule has 0 unspecified atom stereocenters. The molecule has 1 fully saturated rings. The van der Waals surface area contributed by atoms with Crippen molar-refractivity contribution in [2.45, 2.75) is 38.6 Å². The first-order chi connectivity index (χ1) is 13.2. The maximum atomic E-state index is 11.6. The average Bonchev–Trinajstić information content (AvgIpc) is 3.48. The highest BCUT2D eigenvalue weighted by Crippen LogP contribution is 2.18. The van der Waals surface area contributed by atoms with Crippen molar-refractivity contribution in [3.63, 3.8) is 0 Å². The second-order valence-corrected chi connectivity index (χ2v) is 6.56. The van der Waals surface area contributed by atoms with Crippen LogP contribution in [0.1, 0.15) is 31.7 Å². The van der Waals surface area contributed by atoms with Crippen LogP contribution in [0.25, 0.3) is 0 Å². The van der Waals surface area contributed by atoms with Gasteiger partial charge in [-0.1, -0.05) is 12.1 Å². The van der Waals surface area contributed by atoms with Gasteiger partial charge < -0.3 is 25.4 Å². The molecule has 0 radical (unpaired) electrons. The van der Waals surface area contributed by atoms with Gasteiger partial charge in [0.15, 0.2) is 12.6 Å². The van der Waals surface area contributed by atoms with Gasteiger partial charge in [0, 0.05) is 39.4 Å². The predicted octanol–water partition coefficient (Wildman–Crippen LogP) is 1.48. The van der Waals surface area contributed by atoms with E-state index < -0.39 is 0 Å². The molecule has 0 heterocycles. The van der Waals surface area contributed by atoms with Gasteiger partial charge >= 0.3 is 0 Å². The van der Waals surface area contributed by atoms with E-state index in [1.165, 1.54) is 5.56 Å². The van der Waals surface area contributed by atoms with Gasteiger partial charge in [0.2, 0.25) is 0 Å². The molecule has 7 heteroatoms. The molecule has 0 aliphatic heterocycles. The van der Waals surface area contributed by atoms with Crippen molar-refractivity contribution in [2.75, 3.05) is 40.0 Å². The van der Waals surface area contributed by atoms with Gasteiger partial charge in [-0.05, 0) is 50.3 Å². The molecule has 1 saturated carbocycles. The summed E-state index contributed by atoms with van der Waals surface area (Å²) in [4.78, 5) is 16.2. The number of nitrogens with one attached hydrogen (secondary N) is 3. The maximum absolute atomic E-state index is 11.6. The molecule has 150 valence electrons. The van der Waals surface area contributed by atoms with E-state index in [1.54, 1.807) is 7.11 Å². The number of guanidine groups is 1. The number of rotatable bonds is 12. The maximum Gasteiger partial charge on any atom is 0.258 e. The number of hydrogen-bond acceptors (Lipinski definition) is 4. The molecule has 3 N–H and O–H groups in total. The van der Waals surface area contributed by atoms with Crippen LogP contribution in [0.5, 0.6) is 5.75 Å². The van der Waals surface area contributed by atoms with Gasteiger partial charge in [0.25, 0.3) is 5.91 Å². The smallest absolute Gasteiger partial charge is 0.258 e. The molecular weight excluding hydrogens is 344 g/mol. The van der Waals surface area contributed by atoms with Crippen LogP contribution in [-0.2, 0) is 16.0 Å². The topological polar surface area (TPSA) is 84.0 Å². The van der Waals surface area contributed by atoms with Crippen LogP contribution in [0.3, 0.4) is 0 Å². The lowest BCUT2D eigenvalue weighted by molar-refractivity contribution is -0.123. The fraction of sp³-hybridized carbons (Fsp3) is 0.600. The van der Waals surface area contributed by atoms with Gasteiger partial charge in [-0.2, -0.15) is 0 Å². The number of carbonyl (C=O) groups is 1. The Kier molecular flexibility index (Phi) is 9.48. The molecule has 2 rings (SSSR count). The van der Waals surface area contributed by atoms with Crippen LogP contribution in [-0.4, -0.2) is 57.9 Å². The summed E-state index contributed by atoms with van der Waals surface area (Å²) in [5, 5.41) is 9.49. The van der Waals surface area contributed by atoms with Crippen molar-refractivity contribution in [1.82, 2.24) is 16.0 Å². The van der Waals surface area contributed by atoms with Crippen molar-refractivity contribution in [3.8, 4) is 5.75 Å². The number of aliphatic imine (C=N–C) groups is 1. The van der Waals surface area contributed by atoms with Gasteiger partial charge in [-0.15, -0.1) is 0 Å². The van der Waals surface area contributed by atoms with Crippen molar-refractivity contribution in [2.24, 2.45) is 4.99 Å². The largest absolute Gasteiger partial charge is 0.484 e. The first-order valence-electron chi connectivity index (χ1n) is 9.73. The number of ether oxygens (including phenoxy) is 2. The van der Waals surface area contributed by atoms with E-state index in [4.69, 9.17) is 9.47 Å². The Morgan fingerprint density at radius 3 is 2.67 bits per heavy atom. The Bertz CT molecular complexity index is 585. The van der Waals surface area contributed by atoms with Gasteiger partial charge in [-0.3, -0.25) is 9.79 Å². The van der Waals surface area contributed by atoms with Crippen LogP contribution in [0, 0.1) is 0 Å². The lowest BCUT2D eigenvalue weighted by Gasteiger charge is -2.11. The minimum Gasteiger partial charge on any atom is -0.484 e. The molecule has 1 amide bonds. The first kappa shape index (κ1) is 21.0. The Morgan fingerprint density at radius 2 is 2.00 bits per heavy atom. The lowest BCUT2D eigenvalue weighted by Crippen LogP contribution is -2.38. The molecule has 1 aliphatic rings. The minimum absolute atomic E-state index is 0.0495. The fourth-order valence-electron chi connectivity index (χ4n) is 2.46. The van der Waals surface area contributed by atoms with Crippen LogP contribution in [0.4, 0.5) is 0 Å². The summed E-state index contributed by atoms with van der Waals surface area (Å²) in [6.07, 6.45) is 3.96. The standard InChI is InChI=1S/C20H32N4O3/c1-3-21-20(22-12-4-14-26-2)23-13-11-16-5-9-18(10-6-16)27-15-19(25)24-17-7-8-17/h5-6,9-10,17H,3-4,7-8,11-15H2,1-2H3,(H,24,25)(H2,21,22,23). The summed E-state index contributed by atoms with van der Waals surface area (Å²) < 4.78 is 10.6. The molecule has 1 aliphatic carbocycles. The van der Waals surface area contributed by atoms with E-state index >= 15 is 0 Å². The Balaban J connectivity index is 1.67. The SMILES string of the molecule is CCNC(=NCCCOC)NCCc1ccc(OCC(=O)NC2CC2)cc1. The van der Waals surface area contributed by atoms with Crippen LogP contribution >= 0.6 is 0 Å². The Morgan fingerprint density at radius 1 is 1.22 bits per heavy atom. The molecule has 0 aromatic heterocycles. The summed E-state index contributed by atoms with van der Waals surface area (Å²) in [6, 6.07) is 8.23. The first-order valence-corrected chi connectivity index (χ1v) is 9.73. The third-order valence-corrected chi connectivity index (χ3v) is 4.06. The summed E-state index contributed by atoms with van der Waals surface area (Å²) in [5.74, 6) is 1.49. The van der Waals surface area contributed by atoms with Crippen LogP contribution < -0.4 is 20.7 Å².